The average Bonchev–Trinajstić information content (AvgIpc) is 3.21. The van der Waals surface area contributed by atoms with Gasteiger partial charge < -0.3 is 31.8 Å². The van der Waals surface area contributed by atoms with Crippen LogP contribution >= 0.6 is 0 Å². The molecule has 0 saturated heterocycles. The normalized spacial score (nSPS) is 16.2. The Labute approximate surface area is 139 Å². The molecule has 0 aliphatic carbocycles. The van der Waals surface area contributed by atoms with E-state index in [0.29, 0.717) is 17.9 Å². The Balaban J connectivity index is 2.07. The molecule has 0 fully saturated rings. The van der Waals surface area contributed by atoms with E-state index in [2.05, 4.69) is 5.10 Å². The molecule has 8 nitrogen and oxygen atoms in total. The van der Waals surface area contributed by atoms with Gasteiger partial charge in [0, 0.05) is 6.42 Å². The van der Waals surface area contributed by atoms with Gasteiger partial charge in [-0.25, -0.2) is 4.68 Å². The smallest absolute Gasteiger partial charge is 0.229 e. The Morgan fingerprint density at radius 1 is 1.25 bits per heavy atom. The lowest BCUT2D eigenvalue weighted by Crippen LogP contribution is -2.42. The molecule has 3 rings (SSSR count). The third kappa shape index (κ3) is 2.77. The van der Waals surface area contributed by atoms with E-state index >= 15 is 0 Å². The molecule has 0 saturated carbocycles. The van der Waals surface area contributed by atoms with E-state index in [1.54, 1.807) is 0 Å². The molecule has 7 N–H and O–H groups in total. The monoisotopic (exact) mass is 331 g/mol. The van der Waals surface area contributed by atoms with Crippen LogP contribution in [0.3, 0.4) is 0 Å². The molecule has 1 aromatic heterocycles. The van der Waals surface area contributed by atoms with Crippen molar-refractivity contribution in [1.82, 2.24) is 9.78 Å². The average molecular weight is 331 g/mol. The lowest BCUT2D eigenvalue weighted by atomic mass is 9.86. The molecule has 0 radical (unpaired) electrons. The van der Waals surface area contributed by atoms with Crippen LogP contribution in [0.2, 0.25) is 0 Å². The van der Waals surface area contributed by atoms with Crippen molar-refractivity contribution in [2.24, 2.45) is 5.73 Å². The van der Waals surface area contributed by atoms with Crippen molar-refractivity contribution in [1.29, 1.82) is 0 Å². The highest BCUT2D eigenvalue weighted by Crippen LogP contribution is 2.37. The van der Waals surface area contributed by atoms with Gasteiger partial charge in [0.25, 0.3) is 0 Å². The fourth-order valence-corrected chi connectivity index (χ4v) is 2.76. The van der Waals surface area contributed by atoms with Crippen LogP contribution in [0.15, 0.2) is 42.4 Å². The Morgan fingerprint density at radius 3 is 2.62 bits per heavy atom. The molecule has 24 heavy (non-hydrogen) atoms. The minimum Gasteiger partial charge on any atom is -0.462 e. The van der Waals surface area contributed by atoms with Gasteiger partial charge in [-0.1, -0.05) is 30.3 Å². The van der Waals surface area contributed by atoms with Crippen molar-refractivity contribution >= 4 is 11.5 Å². The topological polar surface area (TPSA) is 135 Å². The lowest BCUT2D eigenvalue weighted by molar-refractivity contribution is 0.0658. The standard InChI is InChI=1S/C16H21N5O3/c17-13-14(20-21(6-7-22)15(13)18)16(19,12-9-23-10-24-12)8-11-4-2-1-3-5-11/h1-5,9,22H,6-8,10,17-19H2. The summed E-state index contributed by atoms with van der Waals surface area (Å²) in [6, 6.07) is 9.71. The molecule has 2 aromatic rings. The summed E-state index contributed by atoms with van der Waals surface area (Å²) in [4.78, 5) is 0. The van der Waals surface area contributed by atoms with Crippen molar-refractivity contribution < 1.29 is 14.6 Å². The molecular weight excluding hydrogens is 310 g/mol. The fraction of sp³-hybridized carbons (Fsp3) is 0.312. The molecule has 0 amide bonds. The molecule has 8 heteroatoms. The van der Waals surface area contributed by atoms with Crippen LogP contribution in [0, 0.1) is 0 Å². The van der Waals surface area contributed by atoms with E-state index in [9.17, 15) is 0 Å². The summed E-state index contributed by atoms with van der Waals surface area (Å²) in [6.07, 6.45) is 1.88. The number of aliphatic hydroxyl groups excluding tert-OH is 1. The molecule has 2 heterocycles. The van der Waals surface area contributed by atoms with Gasteiger partial charge >= 0.3 is 0 Å². The third-order valence-corrected chi connectivity index (χ3v) is 4.00. The van der Waals surface area contributed by atoms with E-state index in [0.717, 1.165) is 5.56 Å². The van der Waals surface area contributed by atoms with Crippen LogP contribution < -0.4 is 17.2 Å². The summed E-state index contributed by atoms with van der Waals surface area (Å²) < 4.78 is 12.1. The Bertz CT molecular complexity index is 744. The highest BCUT2D eigenvalue weighted by atomic mass is 16.7. The largest absolute Gasteiger partial charge is 0.462 e. The van der Waals surface area contributed by atoms with E-state index < -0.39 is 5.54 Å². The van der Waals surface area contributed by atoms with Crippen LogP contribution in [0.25, 0.3) is 0 Å². The van der Waals surface area contributed by atoms with Gasteiger partial charge in [-0.15, -0.1) is 0 Å². The number of aliphatic hydroxyl groups is 1. The molecule has 0 spiro atoms. The van der Waals surface area contributed by atoms with Crippen LogP contribution in [0.5, 0.6) is 0 Å². The summed E-state index contributed by atoms with van der Waals surface area (Å²) in [5, 5.41) is 13.6. The molecule has 1 aromatic carbocycles. The number of benzene rings is 1. The maximum atomic E-state index is 9.15. The zero-order valence-corrected chi connectivity index (χ0v) is 13.2. The molecule has 1 aliphatic rings. The highest BCUT2D eigenvalue weighted by molar-refractivity contribution is 5.65. The van der Waals surface area contributed by atoms with Gasteiger partial charge in [-0.2, -0.15) is 5.10 Å². The molecule has 1 unspecified atom stereocenters. The van der Waals surface area contributed by atoms with Gasteiger partial charge in [-0.05, 0) is 5.56 Å². The van der Waals surface area contributed by atoms with E-state index in [1.165, 1.54) is 10.9 Å². The minimum atomic E-state index is -1.13. The number of nitrogen functional groups attached to an aromatic ring is 2. The van der Waals surface area contributed by atoms with E-state index in [-0.39, 0.29) is 31.4 Å². The van der Waals surface area contributed by atoms with Gasteiger partial charge in [0.1, 0.15) is 29.0 Å². The Kier molecular flexibility index (Phi) is 4.32. The molecular formula is C16H21N5O3. The fourth-order valence-electron chi connectivity index (χ4n) is 2.76. The van der Waals surface area contributed by atoms with Crippen LogP contribution in [0.4, 0.5) is 11.5 Å². The molecule has 0 bridgehead atoms. The second kappa shape index (κ2) is 6.42. The van der Waals surface area contributed by atoms with Crippen molar-refractivity contribution in [2.45, 2.75) is 18.5 Å². The van der Waals surface area contributed by atoms with Gasteiger partial charge in [-0.3, -0.25) is 0 Å². The lowest BCUT2D eigenvalue weighted by Gasteiger charge is -2.28. The number of nitrogens with zero attached hydrogens (tertiary/aromatic N) is 2. The summed E-state index contributed by atoms with van der Waals surface area (Å²) in [6.45, 7) is 0.215. The van der Waals surface area contributed by atoms with Gasteiger partial charge in [0.2, 0.25) is 6.79 Å². The first-order valence-corrected chi connectivity index (χ1v) is 7.57. The predicted octanol–water partition coefficient (Wildman–Crippen LogP) is 0.282. The summed E-state index contributed by atoms with van der Waals surface area (Å²) in [7, 11) is 0. The summed E-state index contributed by atoms with van der Waals surface area (Å²) in [5.74, 6) is 0.702. The number of nitrogens with two attached hydrogens (primary N) is 3. The van der Waals surface area contributed by atoms with Crippen molar-refractivity contribution in [2.75, 3.05) is 24.9 Å². The van der Waals surface area contributed by atoms with Crippen molar-refractivity contribution in [3.05, 3.63) is 53.6 Å². The number of anilines is 2. The number of rotatable bonds is 6. The quantitative estimate of drug-likeness (QED) is 0.597. The van der Waals surface area contributed by atoms with Crippen LogP contribution in [-0.4, -0.2) is 28.3 Å². The summed E-state index contributed by atoms with van der Waals surface area (Å²) in [5.41, 5.74) is 19.4. The minimum absolute atomic E-state index is 0.0931. The van der Waals surface area contributed by atoms with E-state index in [4.69, 9.17) is 31.8 Å². The zero-order valence-electron chi connectivity index (χ0n) is 13.2. The number of hydrogen-bond acceptors (Lipinski definition) is 7. The second-order valence-corrected chi connectivity index (χ2v) is 5.64. The Morgan fingerprint density at radius 2 is 2.00 bits per heavy atom. The molecule has 1 aliphatic heterocycles. The molecule has 128 valence electrons. The van der Waals surface area contributed by atoms with Crippen LogP contribution in [-0.2, 0) is 28.0 Å². The number of hydrogen-bond donors (Lipinski definition) is 4. The predicted molar refractivity (Wildman–Crippen MR) is 89.3 cm³/mol. The summed E-state index contributed by atoms with van der Waals surface area (Å²) >= 11 is 0. The maximum Gasteiger partial charge on any atom is 0.229 e. The first-order chi connectivity index (χ1) is 11.6. The SMILES string of the molecule is Nc1c(C(N)(Cc2ccccc2)C2=COCO2)nn(CCO)c1N. The molecule has 1 atom stereocenters. The number of aromatic nitrogens is 2. The second-order valence-electron chi connectivity index (χ2n) is 5.64. The van der Waals surface area contributed by atoms with Gasteiger partial charge in [0.05, 0.1) is 13.2 Å². The number of ether oxygens (including phenoxy) is 2. The van der Waals surface area contributed by atoms with Crippen molar-refractivity contribution in [3.8, 4) is 0 Å². The van der Waals surface area contributed by atoms with Crippen molar-refractivity contribution in [3.63, 3.8) is 0 Å². The van der Waals surface area contributed by atoms with Crippen LogP contribution in [0.1, 0.15) is 11.3 Å². The maximum absolute atomic E-state index is 9.15. The Hall–Kier alpha value is -2.71. The van der Waals surface area contributed by atoms with E-state index in [1.807, 2.05) is 30.3 Å². The zero-order chi connectivity index (χ0) is 17.2. The van der Waals surface area contributed by atoms with Gasteiger partial charge in [0.15, 0.2) is 5.76 Å². The highest BCUT2D eigenvalue weighted by Gasteiger charge is 2.41. The third-order valence-electron chi connectivity index (χ3n) is 4.00. The first-order valence-electron chi connectivity index (χ1n) is 7.57. The first kappa shape index (κ1) is 16.2.